The van der Waals surface area contributed by atoms with E-state index >= 15 is 0 Å². The SMILES string of the molecule is Cc1ccc(-c2ccc(/C=C/C(=O)NC(=S)Nc3nc(-c4cccc([N+](=O)[O-])c4)cs3)o2)cc1Cl. The van der Waals surface area contributed by atoms with E-state index in [1.807, 2.05) is 25.1 Å². The van der Waals surface area contributed by atoms with Gasteiger partial charge in [-0.2, -0.15) is 0 Å². The van der Waals surface area contributed by atoms with Gasteiger partial charge in [-0.25, -0.2) is 4.98 Å². The lowest BCUT2D eigenvalue weighted by molar-refractivity contribution is -0.384. The number of furan rings is 1. The minimum Gasteiger partial charge on any atom is -0.457 e. The first-order chi connectivity index (χ1) is 16.8. The lowest BCUT2D eigenvalue weighted by atomic mass is 10.1. The van der Waals surface area contributed by atoms with Crippen molar-refractivity contribution in [3.8, 4) is 22.6 Å². The first-order valence-electron chi connectivity index (χ1n) is 10.2. The number of nitrogens with one attached hydrogen (secondary N) is 2. The van der Waals surface area contributed by atoms with E-state index in [1.54, 1.807) is 29.6 Å². The maximum Gasteiger partial charge on any atom is 0.270 e. The molecule has 2 aromatic carbocycles. The molecule has 2 aromatic heterocycles. The average molecular weight is 525 g/mol. The quantitative estimate of drug-likeness (QED) is 0.129. The van der Waals surface area contributed by atoms with Crippen molar-refractivity contribution in [1.82, 2.24) is 10.3 Å². The number of nitrogens with zero attached hydrogens (tertiary/aromatic N) is 2. The fraction of sp³-hybridized carbons (Fsp3) is 0.0417. The molecular formula is C24H17ClN4O4S2. The second kappa shape index (κ2) is 10.6. The second-order valence-corrected chi connectivity index (χ2v) is 8.96. The van der Waals surface area contributed by atoms with E-state index in [1.165, 1.54) is 35.6 Å². The Morgan fingerprint density at radius 1 is 1.20 bits per heavy atom. The lowest BCUT2D eigenvalue weighted by Gasteiger charge is -2.04. The average Bonchev–Trinajstić information content (AvgIpc) is 3.49. The van der Waals surface area contributed by atoms with Crippen molar-refractivity contribution in [2.24, 2.45) is 0 Å². The molecule has 0 spiro atoms. The van der Waals surface area contributed by atoms with Crippen LogP contribution in [0.5, 0.6) is 0 Å². The second-order valence-electron chi connectivity index (χ2n) is 7.29. The summed E-state index contributed by atoms with van der Waals surface area (Å²) >= 11 is 12.6. The van der Waals surface area contributed by atoms with Crippen LogP contribution < -0.4 is 10.6 Å². The van der Waals surface area contributed by atoms with Crippen LogP contribution in [0.15, 0.2) is 70.5 Å². The summed E-state index contributed by atoms with van der Waals surface area (Å²) in [5.41, 5.74) is 2.95. The predicted molar refractivity (Wildman–Crippen MR) is 141 cm³/mol. The minimum atomic E-state index is -0.463. The monoisotopic (exact) mass is 524 g/mol. The molecule has 0 bridgehead atoms. The smallest absolute Gasteiger partial charge is 0.270 e. The Hall–Kier alpha value is -3.86. The summed E-state index contributed by atoms with van der Waals surface area (Å²) in [5, 5.41) is 19.2. The molecule has 8 nitrogen and oxygen atoms in total. The Morgan fingerprint density at radius 2 is 2.03 bits per heavy atom. The van der Waals surface area contributed by atoms with E-state index < -0.39 is 10.8 Å². The fourth-order valence-electron chi connectivity index (χ4n) is 3.03. The molecule has 11 heteroatoms. The molecule has 0 atom stereocenters. The zero-order valence-corrected chi connectivity index (χ0v) is 20.5. The Morgan fingerprint density at radius 3 is 2.80 bits per heavy atom. The van der Waals surface area contributed by atoms with Gasteiger partial charge in [-0.15, -0.1) is 11.3 Å². The highest BCUT2D eigenvalue weighted by atomic mass is 35.5. The first-order valence-corrected chi connectivity index (χ1v) is 11.8. The number of hydrogen-bond donors (Lipinski definition) is 2. The van der Waals surface area contributed by atoms with Crippen molar-refractivity contribution < 1.29 is 14.1 Å². The number of aromatic nitrogens is 1. The molecule has 35 heavy (non-hydrogen) atoms. The molecule has 1 amide bonds. The van der Waals surface area contributed by atoms with Crippen LogP contribution >= 0.6 is 35.2 Å². The van der Waals surface area contributed by atoms with Gasteiger partial charge in [0.1, 0.15) is 11.5 Å². The summed E-state index contributed by atoms with van der Waals surface area (Å²) in [4.78, 5) is 27.1. The molecule has 0 saturated heterocycles. The third-order valence-corrected chi connectivity index (χ3v) is 6.17. The highest BCUT2D eigenvalue weighted by molar-refractivity contribution is 7.80. The largest absolute Gasteiger partial charge is 0.457 e. The first kappa shape index (κ1) is 24.3. The van der Waals surface area contributed by atoms with Crippen LogP contribution in [0.3, 0.4) is 0 Å². The van der Waals surface area contributed by atoms with Crippen molar-refractivity contribution in [3.63, 3.8) is 0 Å². The lowest BCUT2D eigenvalue weighted by Crippen LogP contribution is -2.32. The number of hydrogen-bond acceptors (Lipinski definition) is 7. The number of halogens is 1. The summed E-state index contributed by atoms with van der Waals surface area (Å²) in [6.07, 6.45) is 2.83. The van der Waals surface area contributed by atoms with Gasteiger partial charge >= 0.3 is 0 Å². The summed E-state index contributed by atoms with van der Waals surface area (Å²) in [6.45, 7) is 1.92. The van der Waals surface area contributed by atoms with Gasteiger partial charge < -0.3 is 9.73 Å². The third-order valence-electron chi connectivity index (χ3n) is 4.80. The molecule has 0 saturated carbocycles. The van der Waals surface area contributed by atoms with Crippen molar-refractivity contribution >= 4 is 63.1 Å². The van der Waals surface area contributed by atoms with Gasteiger partial charge in [0, 0.05) is 39.7 Å². The number of thiazole rings is 1. The number of nitro benzene ring substituents is 1. The van der Waals surface area contributed by atoms with Crippen LogP contribution in [0.1, 0.15) is 11.3 Å². The standard InChI is InChI=1S/C24H17ClN4O4S2/c1-14-5-6-16(12-19(14)25)21-9-7-18(33-21)8-10-22(30)27-23(34)28-24-26-20(13-35-24)15-3-2-4-17(11-15)29(31)32/h2-13H,1H3,(H2,26,27,28,30,34)/b10-8+. The van der Waals surface area contributed by atoms with Crippen LogP contribution in [0.4, 0.5) is 10.8 Å². The maximum absolute atomic E-state index is 12.2. The highest BCUT2D eigenvalue weighted by Gasteiger charge is 2.11. The van der Waals surface area contributed by atoms with E-state index in [9.17, 15) is 14.9 Å². The van der Waals surface area contributed by atoms with E-state index in [-0.39, 0.29) is 10.8 Å². The maximum atomic E-state index is 12.2. The van der Waals surface area contributed by atoms with E-state index in [0.717, 1.165) is 11.1 Å². The Balaban J connectivity index is 1.33. The van der Waals surface area contributed by atoms with Crippen LogP contribution in [-0.4, -0.2) is 20.9 Å². The minimum absolute atomic E-state index is 0.0223. The third kappa shape index (κ3) is 6.18. The number of aryl methyl sites for hydroxylation is 1. The number of carbonyl (C=O) groups excluding carboxylic acids is 1. The van der Waals surface area contributed by atoms with Crippen LogP contribution in [-0.2, 0) is 4.79 Å². The van der Waals surface area contributed by atoms with Gasteiger partial charge in [0.05, 0.1) is 10.6 Å². The number of benzene rings is 2. The number of non-ortho nitro benzene ring substituents is 1. The van der Waals surface area contributed by atoms with Gasteiger partial charge in [0.25, 0.3) is 5.69 Å². The molecule has 4 rings (SSSR count). The van der Waals surface area contributed by atoms with E-state index in [0.29, 0.717) is 32.9 Å². The number of anilines is 1. The Kier molecular flexibility index (Phi) is 7.35. The van der Waals surface area contributed by atoms with Crippen molar-refractivity contribution in [2.45, 2.75) is 6.92 Å². The molecule has 176 valence electrons. The summed E-state index contributed by atoms with van der Waals surface area (Å²) in [5.74, 6) is 0.675. The molecule has 0 unspecified atom stereocenters. The molecule has 2 N–H and O–H groups in total. The normalized spacial score (nSPS) is 10.9. The number of thiocarbonyl (C=S) groups is 1. The Labute approximate surface area is 214 Å². The fourth-order valence-corrected chi connectivity index (χ4v) is 4.19. The summed E-state index contributed by atoms with van der Waals surface area (Å²) < 4.78 is 5.76. The Bertz CT molecular complexity index is 1460. The molecule has 4 aromatic rings. The van der Waals surface area contributed by atoms with Crippen LogP contribution in [0.2, 0.25) is 5.02 Å². The summed E-state index contributed by atoms with van der Waals surface area (Å²) in [7, 11) is 0. The van der Waals surface area contributed by atoms with Gasteiger partial charge in [-0.3, -0.25) is 20.2 Å². The van der Waals surface area contributed by atoms with Gasteiger partial charge in [0.2, 0.25) is 5.91 Å². The zero-order chi connectivity index (χ0) is 24.9. The van der Waals surface area contributed by atoms with Crippen molar-refractivity contribution in [3.05, 3.63) is 92.5 Å². The van der Waals surface area contributed by atoms with Gasteiger partial charge in [-0.05, 0) is 49.0 Å². The molecule has 0 aliphatic carbocycles. The number of rotatable bonds is 6. The highest BCUT2D eigenvalue weighted by Crippen LogP contribution is 2.28. The molecular weight excluding hydrogens is 508 g/mol. The zero-order valence-electron chi connectivity index (χ0n) is 18.2. The predicted octanol–water partition coefficient (Wildman–Crippen LogP) is 6.47. The molecule has 0 aliphatic heterocycles. The van der Waals surface area contributed by atoms with Crippen LogP contribution in [0.25, 0.3) is 28.7 Å². The topological polar surface area (TPSA) is 110 Å². The van der Waals surface area contributed by atoms with Crippen LogP contribution in [0, 0.1) is 17.0 Å². The molecule has 0 radical (unpaired) electrons. The molecule has 0 fully saturated rings. The number of amides is 1. The number of nitro groups is 1. The van der Waals surface area contributed by atoms with E-state index in [2.05, 4.69) is 15.6 Å². The van der Waals surface area contributed by atoms with Gasteiger partial charge in [-0.1, -0.05) is 35.9 Å². The molecule has 0 aliphatic rings. The van der Waals surface area contributed by atoms with E-state index in [4.69, 9.17) is 28.2 Å². The number of carbonyl (C=O) groups is 1. The summed E-state index contributed by atoms with van der Waals surface area (Å²) in [6, 6.07) is 15.4. The molecule has 2 heterocycles. The van der Waals surface area contributed by atoms with Gasteiger partial charge in [0.15, 0.2) is 10.2 Å². The van der Waals surface area contributed by atoms with Crippen molar-refractivity contribution in [1.29, 1.82) is 0 Å². The van der Waals surface area contributed by atoms with Crippen molar-refractivity contribution in [2.75, 3.05) is 5.32 Å².